The van der Waals surface area contributed by atoms with Crippen LogP contribution in [0.25, 0.3) is 0 Å². The van der Waals surface area contributed by atoms with E-state index in [0.29, 0.717) is 31.1 Å². The SMILES string of the molecule is CCc1cc(C(=O)N2CCOC(C)C2)cc(N)n1. The van der Waals surface area contributed by atoms with Crippen LogP contribution in [0.2, 0.25) is 0 Å². The molecule has 2 heterocycles. The van der Waals surface area contributed by atoms with Gasteiger partial charge in [-0.2, -0.15) is 0 Å². The Kier molecular flexibility index (Phi) is 3.81. The highest BCUT2D eigenvalue weighted by atomic mass is 16.5. The summed E-state index contributed by atoms with van der Waals surface area (Å²) < 4.78 is 5.43. The lowest BCUT2D eigenvalue weighted by atomic mass is 10.1. The highest BCUT2D eigenvalue weighted by molar-refractivity contribution is 5.95. The molecule has 1 amide bonds. The number of anilines is 1. The second kappa shape index (κ2) is 5.35. The van der Waals surface area contributed by atoms with Gasteiger partial charge in [0.25, 0.3) is 5.91 Å². The van der Waals surface area contributed by atoms with Crippen LogP contribution in [0.5, 0.6) is 0 Å². The molecule has 98 valence electrons. The summed E-state index contributed by atoms with van der Waals surface area (Å²) in [5.41, 5.74) is 7.19. The number of aryl methyl sites for hydroxylation is 1. The minimum Gasteiger partial charge on any atom is -0.384 e. The Morgan fingerprint density at radius 2 is 2.39 bits per heavy atom. The first-order valence-electron chi connectivity index (χ1n) is 6.27. The second-order valence-electron chi connectivity index (χ2n) is 4.56. The van der Waals surface area contributed by atoms with Gasteiger partial charge in [0.1, 0.15) is 5.82 Å². The van der Waals surface area contributed by atoms with E-state index in [4.69, 9.17) is 10.5 Å². The molecule has 1 atom stereocenters. The highest BCUT2D eigenvalue weighted by Gasteiger charge is 2.22. The molecule has 0 radical (unpaired) electrons. The van der Waals surface area contributed by atoms with E-state index in [2.05, 4.69) is 4.98 Å². The predicted octanol–water partition coefficient (Wildman–Crippen LogP) is 1.09. The largest absolute Gasteiger partial charge is 0.384 e. The summed E-state index contributed by atoms with van der Waals surface area (Å²) in [5, 5.41) is 0. The zero-order chi connectivity index (χ0) is 13.1. The maximum Gasteiger partial charge on any atom is 0.254 e. The Hall–Kier alpha value is -1.62. The quantitative estimate of drug-likeness (QED) is 0.851. The fraction of sp³-hybridized carbons (Fsp3) is 0.538. The standard InChI is InChI=1S/C13H19N3O2/c1-3-11-6-10(7-12(14)15-11)13(17)16-4-5-18-9(2)8-16/h6-7,9H,3-5,8H2,1-2H3,(H2,14,15). The van der Waals surface area contributed by atoms with E-state index in [1.54, 1.807) is 6.07 Å². The number of amides is 1. The molecule has 5 nitrogen and oxygen atoms in total. The van der Waals surface area contributed by atoms with Gasteiger partial charge in [0.15, 0.2) is 0 Å². The number of morpholine rings is 1. The molecule has 18 heavy (non-hydrogen) atoms. The molecule has 1 aliphatic heterocycles. The minimum absolute atomic E-state index is 0.00829. The Labute approximate surface area is 107 Å². The summed E-state index contributed by atoms with van der Waals surface area (Å²) in [4.78, 5) is 18.3. The van der Waals surface area contributed by atoms with Crippen molar-refractivity contribution >= 4 is 11.7 Å². The van der Waals surface area contributed by atoms with Gasteiger partial charge in [0, 0.05) is 24.3 Å². The molecule has 0 bridgehead atoms. The number of hydrogen-bond donors (Lipinski definition) is 1. The number of hydrogen-bond acceptors (Lipinski definition) is 4. The molecule has 0 saturated carbocycles. The molecule has 1 saturated heterocycles. The maximum absolute atomic E-state index is 12.4. The van der Waals surface area contributed by atoms with Gasteiger partial charge in [-0.15, -0.1) is 0 Å². The van der Waals surface area contributed by atoms with Crippen LogP contribution in [-0.4, -0.2) is 41.6 Å². The molecular formula is C13H19N3O2. The van der Waals surface area contributed by atoms with Crippen LogP contribution in [0.1, 0.15) is 29.9 Å². The van der Waals surface area contributed by atoms with Crippen molar-refractivity contribution in [3.8, 4) is 0 Å². The van der Waals surface area contributed by atoms with Crippen molar-refractivity contribution < 1.29 is 9.53 Å². The zero-order valence-electron chi connectivity index (χ0n) is 10.8. The van der Waals surface area contributed by atoms with Gasteiger partial charge < -0.3 is 15.4 Å². The molecule has 1 aliphatic rings. The number of ether oxygens (including phenoxy) is 1. The summed E-state index contributed by atoms with van der Waals surface area (Å²) in [6.45, 7) is 5.81. The van der Waals surface area contributed by atoms with Crippen LogP contribution in [0.3, 0.4) is 0 Å². The Morgan fingerprint density at radius 3 is 3.06 bits per heavy atom. The lowest BCUT2D eigenvalue weighted by Gasteiger charge is -2.31. The number of nitrogen functional groups attached to an aromatic ring is 1. The smallest absolute Gasteiger partial charge is 0.254 e. The lowest BCUT2D eigenvalue weighted by molar-refractivity contribution is -0.0124. The lowest BCUT2D eigenvalue weighted by Crippen LogP contribution is -2.44. The molecule has 0 aliphatic carbocycles. The van der Waals surface area contributed by atoms with Crippen molar-refractivity contribution in [2.45, 2.75) is 26.4 Å². The monoisotopic (exact) mass is 249 g/mol. The highest BCUT2D eigenvalue weighted by Crippen LogP contribution is 2.14. The van der Waals surface area contributed by atoms with Crippen LogP contribution < -0.4 is 5.73 Å². The molecular weight excluding hydrogens is 230 g/mol. The van der Waals surface area contributed by atoms with Crippen molar-refractivity contribution in [3.63, 3.8) is 0 Å². The molecule has 1 unspecified atom stereocenters. The van der Waals surface area contributed by atoms with Crippen LogP contribution >= 0.6 is 0 Å². The average Bonchev–Trinajstić information content (AvgIpc) is 2.37. The van der Waals surface area contributed by atoms with E-state index in [1.807, 2.05) is 24.8 Å². The Bertz CT molecular complexity index is 448. The second-order valence-corrected chi connectivity index (χ2v) is 4.56. The first-order chi connectivity index (χ1) is 8.60. The summed E-state index contributed by atoms with van der Waals surface area (Å²) in [6.07, 6.45) is 0.859. The van der Waals surface area contributed by atoms with Gasteiger partial charge in [-0.1, -0.05) is 6.92 Å². The number of nitrogens with zero attached hydrogens (tertiary/aromatic N) is 2. The van der Waals surface area contributed by atoms with Crippen molar-refractivity contribution in [1.82, 2.24) is 9.88 Å². The van der Waals surface area contributed by atoms with Crippen LogP contribution in [-0.2, 0) is 11.2 Å². The summed E-state index contributed by atoms with van der Waals surface area (Å²) in [6, 6.07) is 3.46. The molecule has 0 spiro atoms. The summed E-state index contributed by atoms with van der Waals surface area (Å²) in [7, 11) is 0. The summed E-state index contributed by atoms with van der Waals surface area (Å²) >= 11 is 0. The maximum atomic E-state index is 12.4. The first kappa shape index (κ1) is 12.8. The number of carbonyl (C=O) groups excluding carboxylic acids is 1. The number of rotatable bonds is 2. The number of pyridine rings is 1. The average molecular weight is 249 g/mol. The molecule has 1 aromatic rings. The van der Waals surface area contributed by atoms with E-state index in [1.165, 1.54) is 0 Å². The topological polar surface area (TPSA) is 68.5 Å². The molecule has 5 heteroatoms. The molecule has 0 aromatic carbocycles. The van der Waals surface area contributed by atoms with Gasteiger partial charge in [-0.3, -0.25) is 4.79 Å². The van der Waals surface area contributed by atoms with E-state index in [9.17, 15) is 4.79 Å². The van der Waals surface area contributed by atoms with Crippen molar-refractivity contribution in [2.75, 3.05) is 25.4 Å². The molecule has 2 N–H and O–H groups in total. The first-order valence-corrected chi connectivity index (χ1v) is 6.27. The number of carbonyl (C=O) groups is 1. The normalized spacial score (nSPS) is 19.9. The minimum atomic E-state index is 0.00829. The molecule has 1 fully saturated rings. The summed E-state index contributed by atoms with van der Waals surface area (Å²) in [5.74, 6) is 0.410. The Balaban J connectivity index is 2.19. The zero-order valence-corrected chi connectivity index (χ0v) is 10.8. The van der Waals surface area contributed by atoms with Crippen molar-refractivity contribution in [2.24, 2.45) is 0 Å². The Morgan fingerprint density at radius 1 is 1.61 bits per heavy atom. The fourth-order valence-electron chi connectivity index (χ4n) is 2.10. The van der Waals surface area contributed by atoms with E-state index < -0.39 is 0 Å². The molecule has 2 rings (SSSR count). The van der Waals surface area contributed by atoms with Gasteiger partial charge >= 0.3 is 0 Å². The van der Waals surface area contributed by atoms with Gasteiger partial charge in [-0.25, -0.2) is 4.98 Å². The third-order valence-corrected chi connectivity index (χ3v) is 3.04. The van der Waals surface area contributed by atoms with E-state index in [-0.39, 0.29) is 12.0 Å². The van der Waals surface area contributed by atoms with Crippen LogP contribution in [0.15, 0.2) is 12.1 Å². The van der Waals surface area contributed by atoms with Crippen molar-refractivity contribution in [1.29, 1.82) is 0 Å². The van der Waals surface area contributed by atoms with Gasteiger partial charge in [0.2, 0.25) is 0 Å². The third kappa shape index (κ3) is 2.79. The molecule has 1 aromatic heterocycles. The van der Waals surface area contributed by atoms with Gasteiger partial charge in [-0.05, 0) is 25.5 Å². The van der Waals surface area contributed by atoms with Crippen LogP contribution in [0, 0.1) is 0 Å². The van der Waals surface area contributed by atoms with Gasteiger partial charge in [0.05, 0.1) is 12.7 Å². The fourth-order valence-corrected chi connectivity index (χ4v) is 2.10. The van der Waals surface area contributed by atoms with E-state index in [0.717, 1.165) is 12.1 Å². The number of aromatic nitrogens is 1. The van der Waals surface area contributed by atoms with Crippen molar-refractivity contribution in [3.05, 3.63) is 23.4 Å². The predicted molar refractivity (Wildman–Crippen MR) is 69.3 cm³/mol. The van der Waals surface area contributed by atoms with E-state index >= 15 is 0 Å². The number of nitrogens with two attached hydrogens (primary N) is 1. The van der Waals surface area contributed by atoms with Crippen LogP contribution in [0.4, 0.5) is 5.82 Å². The third-order valence-electron chi connectivity index (χ3n) is 3.04.